The zero-order valence-corrected chi connectivity index (χ0v) is 14.7. The first-order valence-corrected chi connectivity index (χ1v) is 7.74. The molecule has 0 radical (unpaired) electrons. The van der Waals surface area contributed by atoms with Crippen molar-refractivity contribution in [3.05, 3.63) is 50.9 Å². The van der Waals surface area contributed by atoms with Crippen molar-refractivity contribution in [1.82, 2.24) is 0 Å². The molecule has 1 heterocycles. The zero-order valence-electron chi connectivity index (χ0n) is 14.7. The van der Waals surface area contributed by atoms with Crippen LogP contribution in [-0.4, -0.2) is 19.7 Å². The van der Waals surface area contributed by atoms with E-state index in [9.17, 15) is 9.59 Å². The van der Waals surface area contributed by atoms with E-state index in [1.165, 1.54) is 12.7 Å². The Hall–Kier alpha value is -2.56. The van der Waals surface area contributed by atoms with Gasteiger partial charge < -0.3 is 13.9 Å². The largest absolute Gasteiger partial charge is 0.489 e. The molecule has 0 saturated carbocycles. The van der Waals surface area contributed by atoms with Crippen molar-refractivity contribution < 1.29 is 18.7 Å². The van der Waals surface area contributed by atoms with E-state index in [1.807, 2.05) is 39.0 Å². The van der Waals surface area contributed by atoms with Crippen molar-refractivity contribution in [3.8, 4) is 5.75 Å². The number of benzene rings is 1. The number of hydrogen-bond donors (Lipinski definition) is 0. The second kappa shape index (κ2) is 7.34. The van der Waals surface area contributed by atoms with Gasteiger partial charge in [0, 0.05) is 10.9 Å². The minimum Gasteiger partial charge on any atom is -0.489 e. The summed E-state index contributed by atoms with van der Waals surface area (Å²) in [5.74, 6) is 0.200. The minimum atomic E-state index is -0.519. The molecule has 0 aliphatic heterocycles. The van der Waals surface area contributed by atoms with E-state index in [2.05, 4.69) is 4.74 Å². The van der Waals surface area contributed by atoms with Gasteiger partial charge in [-0.1, -0.05) is 5.57 Å². The first-order chi connectivity index (χ1) is 11.3. The van der Waals surface area contributed by atoms with Crippen LogP contribution >= 0.6 is 0 Å². The van der Waals surface area contributed by atoms with Crippen molar-refractivity contribution in [2.75, 3.05) is 13.7 Å². The highest BCUT2D eigenvalue weighted by Crippen LogP contribution is 2.29. The molecule has 2 rings (SSSR count). The van der Waals surface area contributed by atoms with Gasteiger partial charge in [0.2, 0.25) is 0 Å². The molecule has 2 aromatic rings. The lowest BCUT2D eigenvalue weighted by Gasteiger charge is -2.12. The Kier molecular flexibility index (Phi) is 5.44. The third-order valence-electron chi connectivity index (χ3n) is 3.93. The highest BCUT2D eigenvalue weighted by Gasteiger charge is 2.17. The summed E-state index contributed by atoms with van der Waals surface area (Å²) in [7, 11) is 1.29. The summed E-state index contributed by atoms with van der Waals surface area (Å²) in [5.41, 5.74) is 2.95. The maximum Gasteiger partial charge on any atom is 0.340 e. The van der Waals surface area contributed by atoms with Gasteiger partial charge >= 0.3 is 11.6 Å². The molecule has 0 spiro atoms. The maximum atomic E-state index is 12.2. The quantitative estimate of drug-likeness (QED) is 0.477. The number of aryl methyl sites for hydroxylation is 2. The molecule has 24 heavy (non-hydrogen) atoms. The summed E-state index contributed by atoms with van der Waals surface area (Å²) in [5, 5.41) is 0.792. The fourth-order valence-electron chi connectivity index (χ4n) is 2.45. The van der Waals surface area contributed by atoms with E-state index in [1.54, 1.807) is 6.92 Å². The maximum absolute atomic E-state index is 12.2. The average molecular weight is 330 g/mol. The van der Waals surface area contributed by atoms with Crippen LogP contribution in [0.15, 0.2) is 33.0 Å². The highest BCUT2D eigenvalue weighted by molar-refractivity contribution is 5.86. The predicted molar refractivity (Wildman–Crippen MR) is 92.6 cm³/mol. The zero-order chi connectivity index (χ0) is 17.9. The summed E-state index contributed by atoms with van der Waals surface area (Å²) in [6.07, 6.45) is 1.88. The van der Waals surface area contributed by atoms with Crippen LogP contribution in [0, 0.1) is 13.8 Å². The van der Waals surface area contributed by atoms with Crippen LogP contribution in [0.5, 0.6) is 5.75 Å². The lowest BCUT2D eigenvalue weighted by Crippen LogP contribution is -2.16. The summed E-state index contributed by atoms with van der Waals surface area (Å²) in [4.78, 5) is 23.7. The van der Waals surface area contributed by atoms with E-state index < -0.39 is 11.6 Å². The standard InChI is InChI=1S/C19H22O5/c1-11(2)8-9-23-16-7-6-14-12(3)15(10-17(20)22-5)19(21)24-18(14)13(16)4/h6-8H,9-10H2,1-5H3. The van der Waals surface area contributed by atoms with Gasteiger partial charge in [-0.3, -0.25) is 4.79 Å². The molecule has 0 amide bonds. The molecule has 0 N–H and O–H groups in total. The van der Waals surface area contributed by atoms with E-state index >= 15 is 0 Å². The van der Waals surface area contributed by atoms with Crippen LogP contribution in [0.3, 0.4) is 0 Å². The minimum absolute atomic E-state index is 0.0987. The number of carbonyl (C=O) groups excluding carboxylic acids is 1. The SMILES string of the molecule is COC(=O)Cc1c(C)c2ccc(OCC=C(C)C)c(C)c2oc1=O. The van der Waals surface area contributed by atoms with Crippen LogP contribution in [0.2, 0.25) is 0 Å². The monoisotopic (exact) mass is 330 g/mol. The average Bonchev–Trinajstić information content (AvgIpc) is 2.53. The van der Waals surface area contributed by atoms with Gasteiger partial charge in [-0.25, -0.2) is 4.79 Å². The molecule has 1 aromatic carbocycles. The number of ether oxygens (including phenoxy) is 2. The second-order valence-electron chi connectivity index (χ2n) is 5.90. The Balaban J connectivity index is 2.49. The number of fused-ring (bicyclic) bond motifs is 1. The number of carbonyl (C=O) groups is 1. The van der Waals surface area contributed by atoms with Gasteiger partial charge in [0.25, 0.3) is 0 Å². The van der Waals surface area contributed by atoms with Crippen molar-refractivity contribution in [1.29, 1.82) is 0 Å². The third kappa shape index (κ3) is 3.67. The molecule has 1 aromatic heterocycles. The number of hydrogen-bond acceptors (Lipinski definition) is 5. The van der Waals surface area contributed by atoms with Crippen LogP contribution in [0.1, 0.15) is 30.5 Å². The predicted octanol–water partition coefficient (Wildman–Crippen LogP) is 3.47. The van der Waals surface area contributed by atoms with E-state index in [0.29, 0.717) is 23.5 Å². The normalized spacial score (nSPS) is 10.5. The second-order valence-corrected chi connectivity index (χ2v) is 5.90. The molecule has 0 fully saturated rings. The molecule has 5 heteroatoms. The number of methoxy groups -OCH3 is 1. The lowest BCUT2D eigenvalue weighted by molar-refractivity contribution is -0.139. The summed E-state index contributed by atoms with van der Waals surface area (Å²) >= 11 is 0. The van der Waals surface area contributed by atoms with E-state index in [0.717, 1.165) is 16.5 Å². The molecule has 0 saturated heterocycles. The fourth-order valence-corrected chi connectivity index (χ4v) is 2.45. The van der Waals surface area contributed by atoms with Crippen LogP contribution in [-0.2, 0) is 16.0 Å². The first-order valence-electron chi connectivity index (χ1n) is 7.74. The van der Waals surface area contributed by atoms with Gasteiger partial charge in [-0.2, -0.15) is 0 Å². The van der Waals surface area contributed by atoms with E-state index in [4.69, 9.17) is 9.15 Å². The van der Waals surface area contributed by atoms with Crippen molar-refractivity contribution in [2.45, 2.75) is 34.1 Å². The number of esters is 1. The first kappa shape index (κ1) is 17.8. The molecule has 5 nitrogen and oxygen atoms in total. The third-order valence-corrected chi connectivity index (χ3v) is 3.93. The summed E-state index contributed by atoms with van der Waals surface area (Å²) in [6.45, 7) is 8.12. The van der Waals surface area contributed by atoms with Crippen molar-refractivity contribution >= 4 is 16.9 Å². The Morgan fingerprint density at radius 2 is 1.92 bits per heavy atom. The Morgan fingerprint density at radius 3 is 2.54 bits per heavy atom. The van der Waals surface area contributed by atoms with Crippen LogP contribution in [0.4, 0.5) is 0 Å². The topological polar surface area (TPSA) is 65.7 Å². The van der Waals surface area contributed by atoms with Gasteiger partial charge in [0.1, 0.15) is 17.9 Å². The molecular weight excluding hydrogens is 308 g/mol. The molecular formula is C19H22O5. The van der Waals surface area contributed by atoms with Crippen molar-refractivity contribution in [2.24, 2.45) is 0 Å². The molecule has 0 aliphatic rings. The number of rotatable bonds is 5. The van der Waals surface area contributed by atoms with Crippen LogP contribution < -0.4 is 10.4 Å². The Labute approximate surface area is 140 Å². The highest BCUT2D eigenvalue weighted by atomic mass is 16.5. The fraction of sp³-hybridized carbons (Fsp3) is 0.368. The molecule has 128 valence electrons. The molecule has 0 atom stereocenters. The van der Waals surface area contributed by atoms with Crippen molar-refractivity contribution in [3.63, 3.8) is 0 Å². The van der Waals surface area contributed by atoms with Gasteiger partial charge in [0.15, 0.2) is 0 Å². The molecule has 0 unspecified atom stereocenters. The smallest absolute Gasteiger partial charge is 0.340 e. The molecule has 0 aliphatic carbocycles. The van der Waals surface area contributed by atoms with E-state index in [-0.39, 0.29) is 6.42 Å². The number of allylic oxidation sites excluding steroid dienone is 1. The van der Waals surface area contributed by atoms with Gasteiger partial charge in [0.05, 0.1) is 19.1 Å². The van der Waals surface area contributed by atoms with Gasteiger partial charge in [-0.05, 0) is 51.5 Å². The summed E-state index contributed by atoms with van der Waals surface area (Å²) in [6, 6.07) is 3.70. The van der Waals surface area contributed by atoms with Crippen LogP contribution in [0.25, 0.3) is 11.0 Å². The Morgan fingerprint density at radius 1 is 1.21 bits per heavy atom. The summed E-state index contributed by atoms with van der Waals surface area (Å²) < 4.78 is 15.8. The lowest BCUT2D eigenvalue weighted by atomic mass is 10.0. The molecule has 0 bridgehead atoms. The van der Waals surface area contributed by atoms with Gasteiger partial charge in [-0.15, -0.1) is 0 Å². The Bertz CT molecular complexity index is 854.